The Balaban J connectivity index is 2.20. The maximum atomic E-state index is 13.9. The van der Waals surface area contributed by atoms with Crippen molar-refractivity contribution in [2.75, 3.05) is 0 Å². The van der Waals surface area contributed by atoms with Gasteiger partial charge < -0.3 is 5.73 Å². The van der Waals surface area contributed by atoms with Crippen LogP contribution in [0.1, 0.15) is 27.9 Å². The Labute approximate surface area is 104 Å². The lowest BCUT2D eigenvalue weighted by atomic mass is 10.0. The van der Waals surface area contributed by atoms with Gasteiger partial charge in [0.1, 0.15) is 5.82 Å². The van der Waals surface area contributed by atoms with Gasteiger partial charge in [0.25, 0.3) is 0 Å². The maximum absolute atomic E-state index is 13.9. The Hall–Kier alpha value is -1.26. The van der Waals surface area contributed by atoms with Gasteiger partial charge >= 0.3 is 0 Å². The second kappa shape index (κ2) is 4.94. The summed E-state index contributed by atoms with van der Waals surface area (Å²) in [5, 5.41) is 2.94. The van der Waals surface area contributed by atoms with E-state index in [0.717, 1.165) is 10.7 Å². The van der Waals surface area contributed by atoms with Crippen molar-refractivity contribution in [2.45, 2.75) is 26.3 Å². The van der Waals surface area contributed by atoms with Gasteiger partial charge in [0.05, 0.1) is 5.01 Å². The molecule has 2 rings (SSSR count). The summed E-state index contributed by atoms with van der Waals surface area (Å²) in [6, 6.07) is 4.99. The van der Waals surface area contributed by atoms with Gasteiger partial charge in [0.2, 0.25) is 0 Å². The number of nitrogens with zero attached hydrogens (tertiary/aromatic N) is 1. The largest absolute Gasteiger partial charge is 0.324 e. The molecule has 0 amide bonds. The quantitative estimate of drug-likeness (QED) is 0.909. The van der Waals surface area contributed by atoms with Crippen LogP contribution in [0.4, 0.5) is 4.39 Å². The van der Waals surface area contributed by atoms with Gasteiger partial charge in [0, 0.05) is 29.1 Å². The summed E-state index contributed by atoms with van der Waals surface area (Å²) in [6.07, 6.45) is 0.582. The average molecular weight is 250 g/mol. The fourth-order valence-electron chi connectivity index (χ4n) is 1.75. The van der Waals surface area contributed by atoms with Crippen molar-refractivity contribution >= 4 is 11.3 Å². The maximum Gasteiger partial charge on any atom is 0.130 e. The lowest BCUT2D eigenvalue weighted by molar-refractivity contribution is 0.572. The number of nitrogens with two attached hydrogens (primary N) is 1. The van der Waals surface area contributed by atoms with Crippen molar-refractivity contribution in [1.29, 1.82) is 0 Å². The van der Waals surface area contributed by atoms with Crippen LogP contribution in [0.2, 0.25) is 0 Å². The topological polar surface area (TPSA) is 38.9 Å². The standard InChI is InChI=1S/C13H15FN2S/c1-8-4-3-5-10(13(8)14)11(15)6-12-16-9(2)7-17-12/h3-5,7,11H,6,15H2,1-2H3. The van der Waals surface area contributed by atoms with E-state index in [2.05, 4.69) is 4.98 Å². The van der Waals surface area contributed by atoms with E-state index in [0.29, 0.717) is 17.5 Å². The molecule has 0 saturated heterocycles. The van der Waals surface area contributed by atoms with Gasteiger partial charge in [-0.3, -0.25) is 0 Å². The van der Waals surface area contributed by atoms with Crippen molar-refractivity contribution in [2.24, 2.45) is 5.73 Å². The van der Waals surface area contributed by atoms with Gasteiger partial charge in [-0.15, -0.1) is 11.3 Å². The highest BCUT2D eigenvalue weighted by Crippen LogP contribution is 2.22. The Morgan fingerprint density at radius 2 is 2.18 bits per heavy atom. The third-order valence-corrected chi connectivity index (χ3v) is 3.67. The Kier molecular flexibility index (Phi) is 3.54. The fourth-order valence-corrected chi connectivity index (χ4v) is 2.58. The molecule has 4 heteroatoms. The first kappa shape index (κ1) is 12.2. The van der Waals surface area contributed by atoms with Crippen molar-refractivity contribution in [3.63, 3.8) is 0 Å². The third kappa shape index (κ3) is 2.70. The zero-order valence-corrected chi connectivity index (χ0v) is 10.7. The Morgan fingerprint density at radius 3 is 2.82 bits per heavy atom. The number of aryl methyl sites for hydroxylation is 2. The van der Waals surface area contributed by atoms with Gasteiger partial charge in [-0.05, 0) is 19.4 Å². The molecule has 2 nitrogen and oxygen atoms in total. The van der Waals surface area contributed by atoms with Crippen LogP contribution in [0.3, 0.4) is 0 Å². The first-order valence-electron chi connectivity index (χ1n) is 5.49. The summed E-state index contributed by atoms with van der Waals surface area (Å²) < 4.78 is 13.9. The number of hydrogen-bond donors (Lipinski definition) is 1. The summed E-state index contributed by atoms with van der Waals surface area (Å²) in [6.45, 7) is 3.69. The molecule has 1 aromatic heterocycles. The Morgan fingerprint density at radius 1 is 1.41 bits per heavy atom. The number of aromatic nitrogens is 1. The molecule has 2 aromatic rings. The van der Waals surface area contributed by atoms with E-state index in [9.17, 15) is 4.39 Å². The zero-order valence-electron chi connectivity index (χ0n) is 9.90. The minimum absolute atomic E-state index is 0.201. The first-order chi connectivity index (χ1) is 8.08. The number of thiazole rings is 1. The molecule has 1 atom stereocenters. The predicted molar refractivity (Wildman–Crippen MR) is 68.6 cm³/mol. The molecule has 0 spiro atoms. The molecule has 0 aliphatic heterocycles. The van der Waals surface area contributed by atoms with Crippen molar-refractivity contribution in [1.82, 2.24) is 4.98 Å². The van der Waals surface area contributed by atoms with Crippen LogP contribution < -0.4 is 5.73 Å². The molecule has 90 valence electrons. The lowest BCUT2D eigenvalue weighted by Crippen LogP contribution is -2.15. The van der Waals surface area contributed by atoms with Gasteiger partial charge in [-0.25, -0.2) is 9.37 Å². The molecule has 0 aliphatic rings. The summed E-state index contributed by atoms with van der Waals surface area (Å²) >= 11 is 1.57. The van der Waals surface area contributed by atoms with Crippen LogP contribution in [-0.2, 0) is 6.42 Å². The summed E-state index contributed by atoms with van der Waals surface area (Å²) in [5.41, 5.74) is 8.22. The lowest BCUT2D eigenvalue weighted by Gasteiger charge is -2.12. The van der Waals surface area contributed by atoms with E-state index in [1.165, 1.54) is 0 Å². The molecular formula is C13H15FN2S. The summed E-state index contributed by atoms with van der Waals surface area (Å²) in [5.74, 6) is -0.201. The number of benzene rings is 1. The normalized spacial score (nSPS) is 12.7. The molecule has 0 bridgehead atoms. The molecule has 0 aliphatic carbocycles. The highest BCUT2D eigenvalue weighted by Gasteiger charge is 2.14. The summed E-state index contributed by atoms with van der Waals surface area (Å²) in [7, 11) is 0. The predicted octanol–water partition coefficient (Wildman–Crippen LogP) is 3.14. The highest BCUT2D eigenvalue weighted by atomic mass is 32.1. The fraction of sp³-hybridized carbons (Fsp3) is 0.308. The number of halogens is 1. The van der Waals surface area contributed by atoms with Gasteiger partial charge in [-0.2, -0.15) is 0 Å². The minimum atomic E-state index is -0.333. The van der Waals surface area contributed by atoms with Crippen LogP contribution in [0.25, 0.3) is 0 Å². The van der Waals surface area contributed by atoms with Crippen molar-refractivity contribution < 1.29 is 4.39 Å². The van der Waals surface area contributed by atoms with Crippen molar-refractivity contribution in [3.05, 3.63) is 51.2 Å². The monoisotopic (exact) mass is 250 g/mol. The van der Waals surface area contributed by atoms with E-state index >= 15 is 0 Å². The molecule has 0 radical (unpaired) electrons. The van der Waals surface area contributed by atoms with Crippen LogP contribution in [0, 0.1) is 19.7 Å². The number of rotatable bonds is 3. The molecule has 0 fully saturated rings. The smallest absolute Gasteiger partial charge is 0.130 e. The molecule has 17 heavy (non-hydrogen) atoms. The van der Waals surface area contributed by atoms with E-state index in [-0.39, 0.29) is 11.9 Å². The highest BCUT2D eigenvalue weighted by molar-refractivity contribution is 7.09. The molecular weight excluding hydrogens is 235 g/mol. The summed E-state index contributed by atoms with van der Waals surface area (Å²) in [4.78, 5) is 4.34. The number of hydrogen-bond acceptors (Lipinski definition) is 3. The first-order valence-corrected chi connectivity index (χ1v) is 6.37. The van der Waals surface area contributed by atoms with Crippen LogP contribution in [0.5, 0.6) is 0 Å². The second-order valence-electron chi connectivity index (χ2n) is 4.17. The minimum Gasteiger partial charge on any atom is -0.324 e. The van der Waals surface area contributed by atoms with Crippen molar-refractivity contribution in [3.8, 4) is 0 Å². The molecule has 1 aromatic carbocycles. The third-order valence-electron chi connectivity index (χ3n) is 2.68. The van der Waals surface area contributed by atoms with E-state index in [1.807, 2.05) is 18.4 Å². The molecule has 1 heterocycles. The van der Waals surface area contributed by atoms with Gasteiger partial charge in [-0.1, -0.05) is 18.2 Å². The Bertz CT molecular complexity index is 522. The zero-order chi connectivity index (χ0) is 12.4. The van der Waals surface area contributed by atoms with Gasteiger partial charge in [0.15, 0.2) is 0 Å². The molecule has 2 N–H and O–H groups in total. The second-order valence-corrected chi connectivity index (χ2v) is 5.11. The van der Waals surface area contributed by atoms with E-state index in [1.54, 1.807) is 30.4 Å². The average Bonchev–Trinajstić information content (AvgIpc) is 2.68. The van der Waals surface area contributed by atoms with Crippen LogP contribution in [-0.4, -0.2) is 4.98 Å². The SMILES string of the molecule is Cc1csc(CC(N)c2cccc(C)c2F)n1. The van der Waals surface area contributed by atoms with E-state index in [4.69, 9.17) is 5.73 Å². The molecule has 1 unspecified atom stereocenters. The van der Waals surface area contributed by atoms with E-state index < -0.39 is 0 Å². The van der Waals surface area contributed by atoms with Crippen LogP contribution >= 0.6 is 11.3 Å². The van der Waals surface area contributed by atoms with Crippen LogP contribution in [0.15, 0.2) is 23.6 Å². The molecule has 0 saturated carbocycles.